The molecule has 1 aromatic rings. The Morgan fingerprint density at radius 1 is 1.28 bits per heavy atom. The highest BCUT2D eigenvalue weighted by Crippen LogP contribution is 2.35. The van der Waals surface area contributed by atoms with E-state index in [0.29, 0.717) is 35.7 Å². The number of phenolic OH excluding ortho intramolecular Hbond substituents is 1. The first-order valence-corrected chi connectivity index (χ1v) is 8.36. The first kappa shape index (κ1) is 18.6. The van der Waals surface area contributed by atoms with Crippen LogP contribution >= 0.6 is 0 Å². The van der Waals surface area contributed by atoms with Crippen molar-refractivity contribution in [3.05, 3.63) is 35.0 Å². The molecule has 2 N–H and O–H groups in total. The van der Waals surface area contributed by atoms with E-state index in [9.17, 15) is 14.7 Å². The van der Waals surface area contributed by atoms with Gasteiger partial charge in [-0.3, -0.25) is 4.90 Å². The molecule has 136 valence electrons. The summed E-state index contributed by atoms with van der Waals surface area (Å²) >= 11 is 0. The van der Waals surface area contributed by atoms with Crippen molar-refractivity contribution in [1.29, 1.82) is 0 Å². The summed E-state index contributed by atoms with van der Waals surface area (Å²) in [6.45, 7) is 8.16. The highest BCUT2D eigenvalue weighted by molar-refractivity contribution is 5.95. The Bertz CT molecular complexity index is 699. The van der Waals surface area contributed by atoms with Gasteiger partial charge in [-0.2, -0.15) is 0 Å². The zero-order chi connectivity index (χ0) is 18.6. The Hall–Kier alpha value is -2.70. The van der Waals surface area contributed by atoms with Crippen molar-refractivity contribution in [2.75, 3.05) is 19.8 Å². The molecule has 1 aromatic carbocycles. The number of amides is 2. The van der Waals surface area contributed by atoms with E-state index in [4.69, 9.17) is 9.47 Å². The summed E-state index contributed by atoms with van der Waals surface area (Å²) in [5.74, 6) is -0.177. The molecule has 0 radical (unpaired) electrons. The number of carbonyl (C=O) groups is 2. The van der Waals surface area contributed by atoms with Gasteiger partial charge in [0.1, 0.15) is 0 Å². The van der Waals surface area contributed by atoms with Crippen LogP contribution in [0.25, 0.3) is 0 Å². The number of allylic oxidation sites excluding steroid dienone is 1. The maximum Gasteiger partial charge on any atom is 0.338 e. The molecule has 0 aliphatic carbocycles. The van der Waals surface area contributed by atoms with E-state index in [-0.39, 0.29) is 18.4 Å². The van der Waals surface area contributed by atoms with Crippen LogP contribution in [0, 0.1) is 0 Å². The Kier molecular flexibility index (Phi) is 5.90. The van der Waals surface area contributed by atoms with E-state index in [2.05, 4.69) is 5.32 Å². The number of nitrogens with one attached hydrogen (secondary N) is 1. The zero-order valence-corrected chi connectivity index (χ0v) is 15.0. The summed E-state index contributed by atoms with van der Waals surface area (Å²) in [6, 6.07) is 3.80. The molecule has 0 aromatic heterocycles. The Balaban J connectivity index is 2.53. The molecule has 0 spiro atoms. The lowest BCUT2D eigenvalue weighted by Crippen LogP contribution is -2.47. The van der Waals surface area contributed by atoms with Gasteiger partial charge in [-0.1, -0.05) is 6.07 Å². The van der Waals surface area contributed by atoms with Gasteiger partial charge in [0.25, 0.3) is 0 Å². The normalized spacial score (nSPS) is 17.4. The van der Waals surface area contributed by atoms with Gasteiger partial charge >= 0.3 is 12.0 Å². The van der Waals surface area contributed by atoms with Crippen molar-refractivity contribution in [1.82, 2.24) is 10.2 Å². The van der Waals surface area contributed by atoms with Gasteiger partial charge in [-0.05, 0) is 45.4 Å². The van der Waals surface area contributed by atoms with Gasteiger partial charge in [0.05, 0.1) is 24.8 Å². The molecular weight excluding hydrogens is 324 g/mol. The summed E-state index contributed by atoms with van der Waals surface area (Å²) in [6.07, 6.45) is 0. The third kappa shape index (κ3) is 3.70. The largest absolute Gasteiger partial charge is 0.504 e. The van der Waals surface area contributed by atoms with Gasteiger partial charge in [0.15, 0.2) is 11.5 Å². The molecule has 1 aliphatic heterocycles. The number of rotatable bonds is 6. The van der Waals surface area contributed by atoms with Crippen LogP contribution in [0.3, 0.4) is 0 Å². The summed E-state index contributed by atoms with van der Waals surface area (Å²) in [4.78, 5) is 26.4. The van der Waals surface area contributed by atoms with E-state index in [1.165, 1.54) is 11.0 Å². The molecule has 0 fully saturated rings. The number of carbonyl (C=O) groups excluding carboxylic acids is 2. The van der Waals surface area contributed by atoms with Crippen LogP contribution in [-0.2, 0) is 9.53 Å². The minimum Gasteiger partial charge on any atom is -0.504 e. The molecule has 2 amide bonds. The number of urea groups is 1. The molecule has 7 heteroatoms. The molecule has 2 rings (SSSR count). The average molecular weight is 348 g/mol. The van der Waals surface area contributed by atoms with E-state index in [1.807, 2.05) is 13.8 Å². The van der Waals surface area contributed by atoms with E-state index in [1.54, 1.807) is 26.0 Å². The highest BCUT2D eigenvalue weighted by Gasteiger charge is 2.36. The molecule has 25 heavy (non-hydrogen) atoms. The summed E-state index contributed by atoms with van der Waals surface area (Å²) in [5.41, 5.74) is 1.56. The number of nitrogens with zero attached hydrogens (tertiary/aromatic N) is 1. The van der Waals surface area contributed by atoms with E-state index < -0.39 is 12.0 Å². The fourth-order valence-corrected chi connectivity index (χ4v) is 2.87. The predicted molar refractivity (Wildman–Crippen MR) is 92.3 cm³/mol. The second-order valence-corrected chi connectivity index (χ2v) is 5.51. The summed E-state index contributed by atoms with van der Waals surface area (Å²) < 4.78 is 10.6. The number of phenols is 1. The molecule has 0 saturated heterocycles. The second kappa shape index (κ2) is 7.92. The quantitative estimate of drug-likeness (QED) is 0.772. The van der Waals surface area contributed by atoms with Crippen molar-refractivity contribution in [3.63, 3.8) is 0 Å². The molecular formula is C18H24N2O5. The molecule has 0 bridgehead atoms. The third-order valence-electron chi connectivity index (χ3n) is 4.02. The van der Waals surface area contributed by atoms with E-state index >= 15 is 0 Å². The maximum absolute atomic E-state index is 12.5. The molecule has 7 nitrogen and oxygen atoms in total. The van der Waals surface area contributed by atoms with Gasteiger partial charge in [0, 0.05) is 12.2 Å². The van der Waals surface area contributed by atoms with Crippen molar-refractivity contribution >= 4 is 12.0 Å². The zero-order valence-electron chi connectivity index (χ0n) is 15.0. The number of aromatic hydroxyl groups is 1. The number of esters is 1. The average Bonchev–Trinajstić information content (AvgIpc) is 2.57. The van der Waals surface area contributed by atoms with Crippen LogP contribution in [0.2, 0.25) is 0 Å². The Labute approximate surface area is 147 Å². The fourth-order valence-electron chi connectivity index (χ4n) is 2.87. The summed E-state index contributed by atoms with van der Waals surface area (Å²) in [5, 5.41) is 12.7. The molecule has 1 aliphatic rings. The first-order chi connectivity index (χ1) is 11.9. The number of benzene rings is 1. The lowest BCUT2D eigenvalue weighted by molar-refractivity contribution is -0.139. The van der Waals surface area contributed by atoms with E-state index in [0.717, 1.165) is 0 Å². The van der Waals surface area contributed by atoms with Gasteiger partial charge in [-0.15, -0.1) is 0 Å². The standard InChI is InChI=1S/C18H24N2O5/c1-5-20-11(4)15(17(22)25-7-3)16(19-18(20)23)12-8-9-13(21)14(10-12)24-6-2/h8-10,16,21H,5-7H2,1-4H3,(H,19,23). The number of ether oxygens (including phenoxy) is 2. The van der Waals surface area contributed by atoms with Gasteiger partial charge in [-0.25, -0.2) is 9.59 Å². The van der Waals surface area contributed by atoms with Gasteiger partial charge < -0.3 is 19.9 Å². The van der Waals surface area contributed by atoms with Crippen LogP contribution in [0.1, 0.15) is 39.3 Å². The Morgan fingerprint density at radius 2 is 2.00 bits per heavy atom. The fraction of sp³-hybridized carbons (Fsp3) is 0.444. The molecule has 1 atom stereocenters. The van der Waals surface area contributed by atoms with Crippen molar-refractivity contribution in [2.45, 2.75) is 33.7 Å². The predicted octanol–water partition coefficient (Wildman–Crippen LogP) is 2.71. The first-order valence-electron chi connectivity index (χ1n) is 8.36. The lowest BCUT2D eigenvalue weighted by atomic mass is 9.94. The molecule has 1 unspecified atom stereocenters. The highest BCUT2D eigenvalue weighted by atomic mass is 16.5. The minimum absolute atomic E-state index is 0.00121. The van der Waals surface area contributed by atoms with Gasteiger partial charge in [0.2, 0.25) is 0 Å². The molecule has 0 saturated carbocycles. The van der Waals surface area contributed by atoms with Crippen LogP contribution in [0.15, 0.2) is 29.5 Å². The monoisotopic (exact) mass is 348 g/mol. The lowest BCUT2D eigenvalue weighted by Gasteiger charge is -2.34. The van der Waals surface area contributed by atoms with Crippen LogP contribution in [0.5, 0.6) is 11.5 Å². The topological polar surface area (TPSA) is 88.1 Å². The number of hydrogen-bond donors (Lipinski definition) is 2. The SMILES string of the molecule is CCOC(=O)C1=C(C)N(CC)C(=O)NC1c1ccc(O)c(OCC)c1. The van der Waals surface area contributed by atoms with Crippen LogP contribution in [0.4, 0.5) is 4.79 Å². The number of hydrogen-bond acceptors (Lipinski definition) is 5. The van der Waals surface area contributed by atoms with Crippen LogP contribution < -0.4 is 10.1 Å². The summed E-state index contributed by atoms with van der Waals surface area (Å²) in [7, 11) is 0. The molecule has 1 heterocycles. The smallest absolute Gasteiger partial charge is 0.338 e. The second-order valence-electron chi connectivity index (χ2n) is 5.51. The third-order valence-corrected chi connectivity index (χ3v) is 4.02. The van der Waals surface area contributed by atoms with Crippen LogP contribution in [-0.4, -0.2) is 41.8 Å². The van der Waals surface area contributed by atoms with Crippen molar-refractivity contribution in [3.8, 4) is 11.5 Å². The van der Waals surface area contributed by atoms with Crippen molar-refractivity contribution < 1.29 is 24.2 Å². The maximum atomic E-state index is 12.5. The van der Waals surface area contributed by atoms with Crippen molar-refractivity contribution in [2.24, 2.45) is 0 Å². The minimum atomic E-state index is -0.672. The Morgan fingerprint density at radius 3 is 2.60 bits per heavy atom.